The number of hydrogen-bond donors (Lipinski definition) is 2. The molecule has 2 bridgehead atoms. The topological polar surface area (TPSA) is 93.7 Å². The molecule has 0 atom stereocenters. The van der Waals surface area contributed by atoms with E-state index in [0.717, 1.165) is 37.1 Å². The predicted octanol–water partition coefficient (Wildman–Crippen LogP) is 3.44. The maximum absolute atomic E-state index is 12.8. The van der Waals surface area contributed by atoms with E-state index in [-0.39, 0.29) is 11.8 Å². The van der Waals surface area contributed by atoms with Crippen LogP contribution in [0.2, 0.25) is 5.02 Å². The molecule has 0 radical (unpaired) electrons. The quantitative estimate of drug-likeness (QED) is 0.575. The van der Waals surface area contributed by atoms with Gasteiger partial charge in [0.25, 0.3) is 5.91 Å². The van der Waals surface area contributed by atoms with E-state index < -0.39 is 0 Å². The highest BCUT2D eigenvalue weighted by molar-refractivity contribution is 6.32. The van der Waals surface area contributed by atoms with Crippen LogP contribution in [-0.4, -0.2) is 72.4 Å². The average molecular weight is 498 g/mol. The number of amides is 2. The van der Waals surface area contributed by atoms with Crippen LogP contribution in [0.5, 0.6) is 0 Å². The van der Waals surface area contributed by atoms with Crippen LogP contribution in [0.4, 0.5) is 17.3 Å². The Morgan fingerprint density at radius 1 is 0.971 bits per heavy atom. The molecule has 2 aliphatic heterocycles. The highest BCUT2D eigenvalue weighted by Gasteiger charge is 2.30. The van der Waals surface area contributed by atoms with Crippen molar-refractivity contribution in [2.45, 2.75) is 32.2 Å². The van der Waals surface area contributed by atoms with E-state index in [1.165, 1.54) is 6.33 Å². The molecule has 0 spiro atoms. The van der Waals surface area contributed by atoms with Gasteiger partial charge in [-0.3, -0.25) is 9.59 Å². The fourth-order valence-electron chi connectivity index (χ4n) is 4.37. The molecule has 2 aromatic rings. The van der Waals surface area contributed by atoms with Crippen molar-refractivity contribution in [1.29, 1.82) is 0 Å². The van der Waals surface area contributed by atoms with Crippen molar-refractivity contribution in [1.82, 2.24) is 19.8 Å². The van der Waals surface area contributed by atoms with Crippen molar-refractivity contribution in [2.24, 2.45) is 0 Å². The van der Waals surface area contributed by atoms with Crippen LogP contribution in [-0.2, 0) is 16.1 Å². The van der Waals surface area contributed by atoms with Gasteiger partial charge in [-0.1, -0.05) is 11.6 Å². The van der Waals surface area contributed by atoms with Crippen molar-refractivity contribution in [3.8, 4) is 0 Å². The number of nitrogens with one attached hydrogen (secondary N) is 2. The van der Waals surface area contributed by atoms with Crippen molar-refractivity contribution in [2.75, 3.05) is 56.3 Å². The normalized spacial score (nSPS) is 19.9. The molecule has 4 rings (SSSR count). The zero-order chi connectivity index (χ0) is 24.9. The summed E-state index contributed by atoms with van der Waals surface area (Å²) in [4.78, 5) is 40.1. The van der Waals surface area contributed by atoms with Crippen LogP contribution in [0.25, 0.3) is 5.57 Å². The van der Waals surface area contributed by atoms with E-state index in [9.17, 15) is 9.59 Å². The minimum atomic E-state index is -0.232. The molecule has 9 nitrogen and oxygen atoms in total. The van der Waals surface area contributed by atoms with Crippen LogP contribution in [0.15, 0.2) is 30.7 Å². The van der Waals surface area contributed by atoms with Gasteiger partial charge in [-0.25, -0.2) is 9.97 Å². The minimum Gasteiger partial charge on any atom is -0.361 e. The standard InChI is InChI=1S/C25H32ClN7O2/c1-31-10-5-4-7-21(34)32(2)11-6-12-33(3)24-22-19(25(35)30-23(22)28-16-29-24)14-27-18-8-9-20(26)17(13-18)15-31/h8-9,13-14,16,27H,4-7,10-12,15H2,1-3H3,(H,28,29,30,35)/b19-14-. The lowest BCUT2D eigenvalue weighted by Gasteiger charge is -2.23. The van der Waals surface area contributed by atoms with Crippen molar-refractivity contribution in [3.05, 3.63) is 46.9 Å². The van der Waals surface area contributed by atoms with Gasteiger partial charge in [-0.2, -0.15) is 0 Å². The number of carbonyl (C=O) groups is 2. The fraction of sp³-hybridized carbons (Fsp3) is 0.440. The number of hydrogen-bond acceptors (Lipinski definition) is 7. The second kappa shape index (κ2) is 11.0. The molecule has 1 aromatic heterocycles. The summed E-state index contributed by atoms with van der Waals surface area (Å²) in [7, 11) is 5.84. The van der Waals surface area contributed by atoms with Crippen molar-refractivity contribution >= 4 is 46.3 Å². The Morgan fingerprint density at radius 3 is 2.60 bits per heavy atom. The highest BCUT2D eigenvalue weighted by Crippen LogP contribution is 2.36. The molecular weight excluding hydrogens is 466 g/mol. The lowest BCUT2D eigenvalue weighted by molar-refractivity contribution is -0.130. The van der Waals surface area contributed by atoms with Crippen LogP contribution in [0.1, 0.15) is 36.8 Å². The molecule has 186 valence electrons. The maximum atomic E-state index is 12.8. The Labute approximate surface area is 211 Å². The van der Waals surface area contributed by atoms with Crippen LogP contribution in [0.3, 0.4) is 0 Å². The molecule has 2 amide bonds. The van der Waals surface area contributed by atoms with Crippen molar-refractivity contribution in [3.63, 3.8) is 0 Å². The third-order valence-electron chi connectivity index (χ3n) is 6.40. The SMILES string of the molecule is CN1CCCCC(=O)N(C)CCCN(C)c2ncnc3c2/C(=C/Nc2ccc(Cl)c(c2)C1)C(=O)N3. The molecule has 0 saturated carbocycles. The van der Waals surface area contributed by atoms with E-state index in [4.69, 9.17) is 11.6 Å². The number of carbonyl (C=O) groups excluding carboxylic acids is 2. The maximum Gasteiger partial charge on any atom is 0.259 e. The molecule has 35 heavy (non-hydrogen) atoms. The number of rotatable bonds is 0. The molecule has 10 heteroatoms. The van der Waals surface area contributed by atoms with E-state index in [0.29, 0.717) is 53.9 Å². The van der Waals surface area contributed by atoms with Gasteiger partial charge in [-0.05, 0) is 56.6 Å². The second-order valence-electron chi connectivity index (χ2n) is 9.17. The van der Waals surface area contributed by atoms with Gasteiger partial charge < -0.3 is 25.3 Å². The average Bonchev–Trinajstić information content (AvgIpc) is 3.16. The van der Waals surface area contributed by atoms with Gasteiger partial charge in [0.1, 0.15) is 18.0 Å². The smallest absolute Gasteiger partial charge is 0.259 e. The molecule has 2 N–H and O–H groups in total. The Bertz CT molecular complexity index is 1140. The summed E-state index contributed by atoms with van der Waals surface area (Å²) >= 11 is 6.47. The summed E-state index contributed by atoms with van der Waals surface area (Å²) in [5, 5.41) is 6.78. The Kier molecular flexibility index (Phi) is 7.87. The third-order valence-corrected chi connectivity index (χ3v) is 6.77. The summed E-state index contributed by atoms with van der Waals surface area (Å²) in [5.74, 6) is 1.09. The summed E-state index contributed by atoms with van der Waals surface area (Å²) in [6, 6.07) is 5.74. The van der Waals surface area contributed by atoms with E-state index in [1.54, 1.807) is 11.1 Å². The highest BCUT2D eigenvalue weighted by atomic mass is 35.5. The first-order valence-corrected chi connectivity index (χ1v) is 12.3. The van der Waals surface area contributed by atoms with E-state index in [1.807, 2.05) is 37.2 Å². The van der Waals surface area contributed by atoms with Crippen LogP contribution in [0, 0.1) is 0 Å². The van der Waals surface area contributed by atoms with Gasteiger partial charge in [0, 0.05) is 57.1 Å². The number of nitrogens with zero attached hydrogens (tertiary/aromatic N) is 5. The molecule has 0 unspecified atom stereocenters. The summed E-state index contributed by atoms with van der Waals surface area (Å²) in [6.45, 7) is 2.90. The largest absolute Gasteiger partial charge is 0.361 e. The Balaban J connectivity index is 1.65. The third kappa shape index (κ3) is 5.91. The van der Waals surface area contributed by atoms with Gasteiger partial charge in [0.05, 0.1) is 11.1 Å². The van der Waals surface area contributed by atoms with Gasteiger partial charge in [0.2, 0.25) is 5.91 Å². The number of fused-ring (bicyclic) bond motifs is 2. The minimum absolute atomic E-state index is 0.162. The molecule has 0 saturated heterocycles. The summed E-state index contributed by atoms with van der Waals surface area (Å²) < 4.78 is 0. The molecule has 3 heterocycles. The van der Waals surface area contributed by atoms with E-state index in [2.05, 4.69) is 32.5 Å². The van der Waals surface area contributed by atoms with E-state index >= 15 is 0 Å². The summed E-state index contributed by atoms with van der Waals surface area (Å²) in [6.07, 6.45) is 6.27. The number of aromatic nitrogens is 2. The van der Waals surface area contributed by atoms with Gasteiger partial charge >= 0.3 is 0 Å². The zero-order valence-corrected chi connectivity index (χ0v) is 21.2. The Morgan fingerprint density at radius 2 is 1.77 bits per heavy atom. The number of benzene rings is 1. The lowest BCUT2D eigenvalue weighted by atomic mass is 10.1. The first-order chi connectivity index (χ1) is 16.8. The molecule has 1 aromatic carbocycles. The number of anilines is 3. The molecule has 2 aliphatic rings. The number of halogens is 1. The predicted molar refractivity (Wildman–Crippen MR) is 139 cm³/mol. The fourth-order valence-corrected chi connectivity index (χ4v) is 4.55. The molecular formula is C25H32ClN7O2. The zero-order valence-electron chi connectivity index (χ0n) is 20.5. The monoisotopic (exact) mass is 497 g/mol. The first-order valence-electron chi connectivity index (χ1n) is 11.9. The first kappa shape index (κ1) is 24.9. The second-order valence-corrected chi connectivity index (χ2v) is 9.58. The van der Waals surface area contributed by atoms with Gasteiger partial charge in [-0.15, -0.1) is 0 Å². The Hall–Kier alpha value is -3.17. The van der Waals surface area contributed by atoms with Crippen molar-refractivity contribution < 1.29 is 9.59 Å². The van der Waals surface area contributed by atoms with Gasteiger partial charge in [0.15, 0.2) is 0 Å². The molecule has 0 aliphatic carbocycles. The van der Waals surface area contributed by atoms with Crippen LogP contribution < -0.4 is 15.5 Å². The van der Waals surface area contributed by atoms with Crippen LogP contribution >= 0.6 is 11.6 Å². The molecule has 0 fully saturated rings. The lowest BCUT2D eigenvalue weighted by Crippen LogP contribution is -2.31. The summed E-state index contributed by atoms with van der Waals surface area (Å²) in [5.41, 5.74) is 2.96.